The van der Waals surface area contributed by atoms with E-state index < -0.39 is 11.5 Å². The standard InChI is InChI=1S/C14H10N2O4/c1-7-4-10-12(14(17)19-7)11(8-2-3-18-6-8)9(5-15)13(16)20-10/h2-4,6,11H,16H2,1H3/t11-/m1/s1. The lowest BCUT2D eigenvalue weighted by molar-refractivity contribution is 0.371. The van der Waals surface area contributed by atoms with Gasteiger partial charge in [0.25, 0.3) is 0 Å². The molecule has 0 saturated heterocycles. The van der Waals surface area contributed by atoms with Gasteiger partial charge in [-0.1, -0.05) is 0 Å². The number of rotatable bonds is 1. The normalized spacial score (nSPS) is 17.3. The largest absolute Gasteiger partial charge is 0.472 e. The molecule has 1 aliphatic heterocycles. The summed E-state index contributed by atoms with van der Waals surface area (Å²) in [4.78, 5) is 12.1. The molecule has 6 heteroatoms. The molecule has 20 heavy (non-hydrogen) atoms. The van der Waals surface area contributed by atoms with Gasteiger partial charge in [-0.3, -0.25) is 0 Å². The van der Waals surface area contributed by atoms with Crippen molar-refractivity contribution in [1.82, 2.24) is 0 Å². The van der Waals surface area contributed by atoms with Gasteiger partial charge in [0.2, 0.25) is 5.88 Å². The summed E-state index contributed by atoms with van der Waals surface area (Å²) in [6.07, 6.45) is 2.93. The van der Waals surface area contributed by atoms with E-state index >= 15 is 0 Å². The van der Waals surface area contributed by atoms with Crippen molar-refractivity contribution in [2.24, 2.45) is 5.73 Å². The highest BCUT2D eigenvalue weighted by molar-refractivity contribution is 5.53. The van der Waals surface area contributed by atoms with Crippen LogP contribution in [0, 0.1) is 18.3 Å². The molecule has 0 bridgehead atoms. The highest BCUT2D eigenvalue weighted by Crippen LogP contribution is 2.40. The minimum absolute atomic E-state index is 0.0174. The summed E-state index contributed by atoms with van der Waals surface area (Å²) < 4.78 is 15.5. The molecule has 0 fully saturated rings. The topological polar surface area (TPSA) is 102 Å². The van der Waals surface area contributed by atoms with Crippen LogP contribution in [0.25, 0.3) is 0 Å². The third-order valence-corrected chi connectivity index (χ3v) is 3.13. The zero-order valence-corrected chi connectivity index (χ0v) is 10.5. The minimum atomic E-state index is -0.639. The third kappa shape index (κ3) is 1.68. The SMILES string of the molecule is Cc1cc2c(c(=O)o1)[C@H](c1ccoc1)C(C#N)=C(N)O2. The van der Waals surface area contributed by atoms with Crippen LogP contribution >= 0.6 is 0 Å². The predicted octanol–water partition coefficient (Wildman–Crippen LogP) is 1.76. The van der Waals surface area contributed by atoms with Crippen molar-refractivity contribution in [3.63, 3.8) is 0 Å². The zero-order chi connectivity index (χ0) is 14.3. The molecule has 2 aromatic heterocycles. The molecule has 0 aliphatic carbocycles. The summed E-state index contributed by atoms with van der Waals surface area (Å²) in [6.45, 7) is 1.64. The van der Waals surface area contributed by atoms with Gasteiger partial charge in [-0.2, -0.15) is 5.26 Å². The maximum absolute atomic E-state index is 12.1. The summed E-state index contributed by atoms with van der Waals surface area (Å²) in [5, 5.41) is 9.27. The quantitative estimate of drug-likeness (QED) is 0.846. The number of ether oxygens (including phenoxy) is 1. The number of nitrogens with zero attached hydrogens (tertiary/aromatic N) is 1. The number of nitrogens with two attached hydrogens (primary N) is 1. The van der Waals surface area contributed by atoms with E-state index in [9.17, 15) is 10.1 Å². The average molecular weight is 270 g/mol. The molecule has 100 valence electrons. The number of nitriles is 1. The van der Waals surface area contributed by atoms with Crippen LogP contribution < -0.4 is 16.1 Å². The maximum atomic E-state index is 12.1. The number of furan rings is 1. The van der Waals surface area contributed by atoms with Gasteiger partial charge < -0.3 is 19.3 Å². The first-order valence-electron chi connectivity index (χ1n) is 5.86. The lowest BCUT2D eigenvalue weighted by Crippen LogP contribution is -2.26. The summed E-state index contributed by atoms with van der Waals surface area (Å²) in [6, 6.07) is 5.23. The van der Waals surface area contributed by atoms with Crippen LogP contribution in [0.3, 0.4) is 0 Å². The summed E-state index contributed by atoms with van der Waals surface area (Å²) in [5.74, 6) is 0.0601. The molecule has 0 amide bonds. The first kappa shape index (κ1) is 12.1. The second kappa shape index (κ2) is 4.31. The molecule has 3 rings (SSSR count). The van der Waals surface area contributed by atoms with Gasteiger partial charge >= 0.3 is 5.63 Å². The number of allylic oxidation sites excluding steroid dienone is 1. The smallest absolute Gasteiger partial charge is 0.343 e. The molecule has 0 saturated carbocycles. The van der Waals surface area contributed by atoms with Crippen molar-refractivity contribution in [1.29, 1.82) is 5.26 Å². The van der Waals surface area contributed by atoms with Crippen LogP contribution in [0.1, 0.15) is 22.8 Å². The molecule has 6 nitrogen and oxygen atoms in total. The second-order valence-corrected chi connectivity index (χ2v) is 4.40. The van der Waals surface area contributed by atoms with Gasteiger partial charge in [-0.15, -0.1) is 0 Å². The Kier molecular flexibility index (Phi) is 2.61. The molecule has 2 N–H and O–H groups in total. The van der Waals surface area contributed by atoms with Crippen LogP contribution in [-0.2, 0) is 0 Å². The molecule has 0 unspecified atom stereocenters. The Hall–Kier alpha value is -2.94. The molecule has 1 aliphatic rings. The Labute approximate surface area is 113 Å². The van der Waals surface area contributed by atoms with Crippen molar-refractivity contribution >= 4 is 0 Å². The van der Waals surface area contributed by atoms with Crippen molar-refractivity contribution in [2.75, 3.05) is 0 Å². The first-order valence-corrected chi connectivity index (χ1v) is 5.86. The van der Waals surface area contributed by atoms with E-state index in [0.717, 1.165) is 0 Å². The molecular formula is C14H10N2O4. The monoisotopic (exact) mass is 270 g/mol. The van der Waals surface area contributed by atoms with Gasteiger partial charge in [0.1, 0.15) is 23.2 Å². The first-order chi connectivity index (χ1) is 9.61. The molecule has 0 spiro atoms. The van der Waals surface area contributed by atoms with E-state index in [1.165, 1.54) is 12.5 Å². The fourth-order valence-corrected chi connectivity index (χ4v) is 2.29. The average Bonchev–Trinajstić information content (AvgIpc) is 2.90. The van der Waals surface area contributed by atoms with E-state index in [0.29, 0.717) is 17.1 Å². The number of hydrogen-bond donors (Lipinski definition) is 1. The Morgan fingerprint density at radius 3 is 2.90 bits per heavy atom. The van der Waals surface area contributed by atoms with Crippen LogP contribution in [0.15, 0.2) is 49.7 Å². The van der Waals surface area contributed by atoms with Crippen LogP contribution in [0.5, 0.6) is 5.75 Å². The molecule has 1 atom stereocenters. The number of aryl methyl sites for hydroxylation is 1. The Bertz CT molecular complexity index is 794. The lowest BCUT2D eigenvalue weighted by Gasteiger charge is -2.23. The molecular weight excluding hydrogens is 260 g/mol. The Morgan fingerprint density at radius 1 is 1.45 bits per heavy atom. The summed E-state index contributed by atoms with van der Waals surface area (Å²) in [7, 11) is 0. The zero-order valence-electron chi connectivity index (χ0n) is 10.5. The minimum Gasteiger partial charge on any atom is -0.472 e. The van der Waals surface area contributed by atoms with E-state index in [1.54, 1.807) is 19.1 Å². The Morgan fingerprint density at radius 2 is 2.25 bits per heavy atom. The third-order valence-electron chi connectivity index (χ3n) is 3.13. The van der Waals surface area contributed by atoms with E-state index in [4.69, 9.17) is 19.3 Å². The fraction of sp³-hybridized carbons (Fsp3) is 0.143. The van der Waals surface area contributed by atoms with Crippen LogP contribution in [0.2, 0.25) is 0 Å². The van der Waals surface area contributed by atoms with Crippen molar-refractivity contribution in [3.8, 4) is 11.8 Å². The second-order valence-electron chi connectivity index (χ2n) is 4.40. The predicted molar refractivity (Wildman–Crippen MR) is 67.7 cm³/mol. The van der Waals surface area contributed by atoms with E-state index in [1.807, 2.05) is 6.07 Å². The molecule has 3 heterocycles. The molecule has 2 aromatic rings. The highest BCUT2D eigenvalue weighted by Gasteiger charge is 2.34. The number of hydrogen-bond acceptors (Lipinski definition) is 6. The van der Waals surface area contributed by atoms with Gasteiger partial charge in [0, 0.05) is 11.6 Å². The van der Waals surface area contributed by atoms with Crippen LogP contribution in [-0.4, -0.2) is 0 Å². The van der Waals surface area contributed by atoms with Gasteiger partial charge in [0.05, 0.1) is 24.0 Å². The van der Waals surface area contributed by atoms with E-state index in [2.05, 4.69) is 0 Å². The van der Waals surface area contributed by atoms with Crippen molar-refractivity contribution in [3.05, 3.63) is 63.4 Å². The van der Waals surface area contributed by atoms with Crippen LogP contribution in [0.4, 0.5) is 0 Å². The van der Waals surface area contributed by atoms with Crippen molar-refractivity contribution < 1.29 is 13.6 Å². The Balaban J connectivity index is 2.32. The van der Waals surface area contributed by atoms with Gasteiger partial charge in [-0.05, 0) is 13.0 Å². The van der Waals surface area contributed by atoms with E-state index in [-0.39, 0.29) is 17.0 Å². The van der Waals surface area contributed by atoms with Gasteiger partial charge in [0.15, 0.2) is 0 Å². The number of fused-ring (bicyclic) bond motifs is 1. The molecule has 0 aromatic carbocycles. The fourth-order valence-electron chi connectivity index (χ4n) is 2.29. The molecule has 0 radical (unpaired) electrons. The summed E-state index contributed by atoms with van der Waals surface area (Å²) >= 11 is 0. The maximum Gasteiger partial charge on any atom is 0.343 e. The summed E-state index contributed by atoms with van der Waals surface area (Å²) in [5.41, 5.74) is 6.28. The highest BCUT2D eigenvalue weighted by atomic mass is 16.5. The van der Waals surface area contributed by atoms with Crippen molar-refractivity contribution in [2.45, 2.75) is 12.8 Å². The lowest BCUT2D eigenvalue weighted by atomic mass is 9.86. The van der Waals surface area contributed by atoms with Gasteiger partial charge in [-0.25, -0.2) is 4.79 Å².